The average molecular weight is 1490 g/mol. The van der Waals surface area contributed by atoms with E-state index in [0.29, 0.717) is 70.1 Å². The number of halogens is 1. The molecule has 0 saturated carbocycles. The predicted octanol–water partition coefficient (Wildman–Crippen LogP) is -1.89. The van der Waals surface area contributed by atoms with Crippen molar-refractivity contribution in [2.75, 3.05) is 84.7 Å². The fourth-order valence-corrected chi connectivity index (χ4v) is 13.4. The van der Waals surface area contributed by atoms with Crippen molar-refractivity contribution >= 4 is 64.0 Å². The quantitative estimate of drug-likeness (QED) is 0.0116. The number of Topliss-reactive ketones (excluding diaryl/α,β-unsaturated/α-hetero) is 1. The van der Waals surface area contributed by atoms with Crippen LogP contribution in [0.25, 0.3) is 22.3 Å². The molecule has 0 spiro atoms. The number of amides is 6. The summed E-state index contributed by atoms with van der Waals surface area (Å²) in [5.74, 6) is -4.54. The lowest BCUT2D eigenvalue weighted by atomic mass is 9.81. The fourth-order valence-electron chi connectivity index (χ4n) is 13.4. The molecular formula is C72H98FN9O24. The Kier molecular flexibility index (Phi) is 29.6. The van der Waals surface area contributed by atoms with E-state index in [1.54, 1.807) is 63.9 Å². The van der Waals surface area contributed by atoms with Gasteiger partial charge in [-0.05, 0) is 105 Å². The summed E-state index contributed by atoms with van der Waals surface area (Å²) >= 11 is 0. The van der Waals surface area contributed by atoms with Gasteiger partial charge in [0.2, 0.25) is 17.7 Å². The van der Waals surface area contributed by atoms with E-state index in [2.05, 4.69) is 21.3 Å². The summed E-state index contributed by atoms with van der Waals surface area (Å²) in [5, 5.41) is 124. The van der Waals surface area contributed by atoms with Crippen molar-refractivity contribution in [2.45, 2.75) is 185 Å². The topological polar surface area (TPSA) is 489 Å². The van der Waals surface area contributed by atoms with Crippen LogP contribution in [-0.2, 0) is 90.8 Å². The van der Waals surface area contributed by atoms with E-state index in [0.717, 1.165) is 4.90 Å². The smallest absolute Gasteiger partial charge is 0.407 e. The van der Waals surface area contributed by atoms with Crippen molar-refractivity contribution in [3.05, 3.63) is 103 Å². The van der Waals surface area contributed by atoms with Crippen LogP contribution in [-0.4, -0.2) is 268 Å². The number of unbranched alkanes of at least 4 members (excludes halogenated alkanes) is 2. The van der Waals surface area contributed by atoms with Crippen LogP contribution in [0.5, 0.6) is 0 Å². The molecule has 0 unspecified atom stereocenters. The number of ketones is 1. The Morgan fingerprint density at radius 1 is 0.774 bits per heavy atom. The molecule has 0 bridgehead atoms. The second kappa shape index (κ2) is 37.6. The molecule has 4 aromatic rings. The number of anilines is 1. The highest BCUT2D eigenvalue weighted by atomic mass is 19.1. The van der Waals surface area contributed by atoms with Crippen LogP contribution in [0.3, 0.4) is 0 Å². The number of aliphatic hydroxyl groups excluding tert-OH is 10. The second-order valence-corrected chi connectivity index (χ2v) is 27.6. The third-order valence-corrected chi connectivity index (χ3v) is 19.6. The molecule has 0 fully saturated rings. The Bertz CT molecular complexity index is 3900. The third-order valence-electron chi connectivity index (χ3n) is 19.6. The third kappa shape index (κ3) is 20.1. The molecule has 1 aliphatic carbocycles. The van der Waals surface area contributed by atoms with E-state index >= 15 is 4.39 Å². The highest BCUT2D eigenvalue weighted by Crippen LogP contribution is 2.46. The van der Waals surface area contributed by atoms with Crippen LogP contribution in [0.2, 0.25) is 0 Å². The molecule has 33 nitrogen and oxygen atoms in total. The number of esters is 1. The number of carbonyl (C=O) groups excluding carboxylic acids is 8. The summed E-state index contributed by atoms with van der Waals surface area (Å²) in [6, 6.07) is 4.67. The Morgan fingerprint density at radius 3 is 2.05 bits per heavy atom. The second-order valence-electron chi connectivity index (χ2n) is 27.6. The molecule has 2 aromatic carbocycles. The Balaban J connectivity index is 0.917. The van der Waals surface area contributed by atoms with Gasteiger partial charge < -0.3 is 101 Å². The number of likely N-dealkylation sites (N-methyl/N-ethyl adjacent to an activating group) is 1. The molecule has 2 aromatic heterocycles. The van der Waals surface area contributed by atoms with Gasteiger partial charge in [0.15, 0.2) is 5.60 Å². The van der Waals surface area contributed by atoms with Crippen molar-refractivity contribution < 1.29 is 118 Å². The normalized spacial score (nSPS) is 18.9. The monoisotopic (exact) mass is 1490 g/mol. The number of nitrogens with zero attached hydrogens (tertiary/aromatic N) is 5. The average Bonchev–Trinajstić information content (AvgIpc) is 1.50. The van der Waals surface area contributed by atoms with Gasteiger partial charge in [-0.2, -0.15) is 0 Å². The summed E-state index contributed by atoms with van der Waals surface area (Å²) in [5.41, 5.74) is 1.78. The van der Waals surface area contributed by atoms with Gasteiger partial charge in [0.05, 0.1) is 93.4 Å². The minimum absolute atomic E-state index is 0.0151. The number of aliphatic hydroxyl groups is 11. The molecule has 8 rings (SSSR count). The van der Waals surface area contributed by atoms with Gasteiger partial charge >= 0.3 is 12.1 Å². The van der Waals surface area contributed by atoms with Gasteiger partial charge in [-0.15, -0.1) is 0 Å². The number of hydrogen-bond acceptors (Lipinski definition) is 27. The van der Waals surface area contributed by atoms with Crippen LogP contribution in [0, 0.1) is 18.7 Å². The molecule has 4 aliphatic rings. The number of hydrogen-bond donors (Lipinski definition) is 15. The van der Waals surface area contributed by atoms with Crippen molar-refractivity contribution in [1.82, 2.24) is 40.2 Å². The summed E-state index contributed by atoms with van der Waals surface area (Å²) in [4.78, 5) is 128. The number of nitrogens with one attached hydrogen (secondary N) is 4. The number of pyridine rings is 2. The SMILES string of the molecule is CC[C@@]1(O)C(=O)OCc2c1cc1n(c2=O)Cc2c-1nc1cc(F)c(C)c3c1c2[C@@H](NC(=O)OCc1ccc(NC(=O)[C@H](C)NC(=O)[C@@H](NC(=O)CCCCCN2C(=O)C=CC2=O)C(C)C)cc1CN(C)CC(=O)CCOCCOCCN(C[C@H](O)[C@@H](O)[C@H](O)[C@H](O)CO)C[C@H](O)[C@@H](O)[C@H](O)[C@H](O)CO)CC3. The van der Waals surface area contributed by atoms with Crippen molar-refractivity contribution in [1.29, 1.82) is 0 Å². The highest BCUT2D eigenvalue weighted by molar-refractivity contribution is 6.12. The fraction of sp³-hybridized carbons (Fsp3) is 0.583. The molecule has 15 N–H and O–H groups in total. The summed E-state index contributed by atoms with van der Waals surface area (Å²) in [7, 11) is 1.65. The molecule has 5 heterocycles. The van der Waals surface area contributed by atoms with Crippen molar-refractivity contribution in [3.8, 4) is 11.4 Å². The maximum atomic E-state index is 15.7. The Hall–Kier alpha value is -8.17. The van der Waals surface area contributed by atoms with Gasteiger partial charge in [0, 0.05) is 86.0 Å². The summed E-state index contributed by atoms with van der Waals surface area (Å²) < 4.78 is 39.7. The first-order valence-corrected chi connectivity index (χ1v) is 35.4. The molecule has 3 aliphatic heterocycles. The largest absolute Gasteiger partial charge is 0.458 e. The number of benzene rings is 2. The van der Waals surface area contributed by atoms with Gasteiger partial charge in [-0.25, -0.2) is 19.0 Å². The zero-order valence-electron chi connectivity index (χ0n) is 60.1. The zero-order chi connectivity index (χ0) is 77.6. The van der Waals surface area contributed by atoms with Crippen molar-refractivity contribution in [3.63, 3.8) is 0 Å². The number of rotatable bonds is 41. The lowest BCUT2D eigenvalue weighted by molar-refractivity contribution is -0.172. The van der Waals surface area contributed by atoms with Gasteiger partial charge in [-0.3, -0.25) is 48.3 Å². The minimum atomic E-state index is -2.11. The van der Waals surface area contributed by atoms with E-state index in [1.807, 2.05) is 0 Å². The lowest BCUT2D eigenvalue weighted by Crippen LogP contribution is -2.53. The summed E-state index contributed by atoms with van der Waals surface area (Å²) in [6.07, 6.45) is -11.6. The highest BCUT2D eigenvalue weighted by Gasteiger charge is 2.46. The molecule has 12 atom stereocenters. The van der Waals surface area contributed by atoms with Gasteiger partial charge in [0.25, 0.3) is 17.4 Å². The molecule has 0 saturated heterocycles. The first kappa shape index (κ1) is 83.5. The van der Waals surface area contributed by atoms with Crippen LogP contribution < -0.4 is 26.8 Å². The zero-order valence-corrected chi connectivity index (χ0v) is 60.1. The lowest BCUT2D eigenvalue weighted by Gasteiger charge is -2.33. The Morgan fingerprint density at radius 2 is 1.42 bits per heavy atom. The number of imide groups is 1. The number of aryl methyl sites for hydroxylation is 1. The van der Waals surface area contributed by atoms with Crippen LogP contribution in [0.15, 0.2) is 47.3 Å². The van der Waals surface area contributed by atoms with E-state index in [-0.39, 0.29) is 132 Å². The number of cyclic esters (lactones) is 1. The summed E-state index contributed by atoms with van der Waals surface area (Å²) in [6.45, 7) is 4.33. The maximum absolute atomic E-state index is 15.7. The van der Waals surface area contributed by atoms with E-state index < -0.39 is 158 Å². The predicted molar refractivity (Wildman–Crippen MR) is 374 cm³/mol. The molecule has 106 heavy (non-hydrogen) atoms. The van der Waals surface area contributed by atoms with Gasteiger partial charge in [0.1, 0.15) is 73.5 Å². The van der Waals surface area contributed by atoms with E-state index in [9.17, 15) is 99.3 Å². The number of ether oxygens (including phenoxy) is 4. The molecule has 34 heteroatoms. The molecular weight excluding hydrogens is 1390 g/mol. The number of aromatic nitrogens is 2. The molecule has 0 radical (unpaired) electrons. The van der Waals surface area contributed by atoms with Gasteiger partial charge in [-0.1, -0.05) is 33.3 Å². The van der Waals surface area contributed by atoms with Crippen LogP contribution >= 0.6 is 0 Å². The maximum Gasteiger partial charge on any atom is 0.407 e. The van der Waals surface area contributed by atoms with E-state index in [1.165, 1.54) is 34.6 Å². The van der Waals surface area contributed by atoms with Crippen LogP contribution in [0.4, 0.5) is 14.9 Å². The molecule has 582 valence electrons. The van der Waals surface area contributed by atoms with E-state index in [4.69, 9.17) is 23.9 Å². The molecule has 6 amide bonds. The van der Waals surface area contributed by atoms with Crippen molar-refractivity contribution in [2.24, 2.45) is 5.92 Å². The number of fused-ring (bicyclic) bond motifs is 5. The Labute approximate surface area is 609 Å². The standard InChI is InChI=1S/C72H98FN9O24/c1-7-72(102)47-26-51-62-45(30-82(51)69(99)46(47)36-105-70(72)100)60-49(15-14-44-38(4)48(73)27-50(76-62)59(44)60)77-71(101)106-35-40-12-13-42(75-67(97)39(5)74-68(98)61(37(2)3)78-56(90)11-9-8-10-19-81-57(91)16-17-58(81)92)25-41(40)28-79(6)29-43(85)18-21-103-23-24-104-22-20-80(31-52(86)63(93)65(95)54(88)33-83)32-53(87)64(94)66(96)55(89)34-84/h12-13,16-17,25-27,37,39,49,52-55,61,63-66,83-84,86-89,93-96,102H,7-11,14-15,18-24,28-36H2,1-6H3,(H,74,98)(H,75,97)(H,77,101)(H,78,90)/t39-,49-,52-,53-,54+,55+,61-,63+,64+,65+,66+,72-/m0/s1. The number of alkyl carbamates (subject to hydrolysis) is 1. The first-order valence-electron chi connectivity index (χ1n) is 35.4. The first-order chi connectivity index (χ1) is 50.3. The minimum Gasteiger partial charge on any atom is -0.458 e. The number of carbonyl (C=O) groups is 8. The van der Waals surface area contributed by atoms with Crippen LogP contribution in [0.1, 0.15) is 123 Å².